The number of benzene rings is 2. The van der Waals surface area contributed by atoms with E-state index in [0.29, 0.717) is 31.1 Å². The maximum atomic E-state index is 13.0. The monoisotopic (exact) mass is 477 g/mol. The number of fused-ring (bicyclic) bond motifs is 3. The van der Waals surface area contributed by atoms with Gasteiger partial charge in [0.15, 0.2) is 0 Å². The molecule has 2 amide bonds. The van der Waals surface area contributed by atoms with Crippen LogP contribution in [-0.2, 0) is 24.3 Å². The Labute approximate surface area is 191 Å². The van der Waals surface area contributed by atoms with Crippen molar-refractivity contribution in [3.8, 4) is 0 Å². The second kappa shape index (κ2) is 7.98. The molecule has 3 heterocycles. The van der Waals surface area contributed by atoms with Gasteiger partial charge in [0, 0.05) is 18.1 Å². The summed E-state index contributed by atoms with van der Waals surface area (Å²) in [7, 11) is -3.91. The molecule has 2 aromatic carbocycles. The van der Waals surface area contributed by atoms with Gasteiger partial charge in [0.1, 0.15) is 12.1 Å². The molecule has 2 aromatic rings. The van der Waals surface area contributed by atoms with Crippen LogP contribution in [0.2, 0.25) is 5.02 Å². The van der Waals surface area contributed by atoms with Crippen molar-refractivity contribution in [3.05, 3.63) is 41.4 Å². The van der Waals surface area contributed by atoms with E-state index in [1.807, 2.05) is 0 Å². The lowest BCUT2D eigenvalue weighted by Gasteiger charge is -2.32. The molecule has 0 aromatic heterocycles. The lowest BCUT2D eigenvalue weighted by molar-refractivity contribution is -0.146. The molecule has 3 aliphatic rings. The summed E-state index contributed by atoms with van der Waals surface area (Å²) in [5.41, 5.74) is 0. The number of carbonyl (C=O) groups excluding carboxylic acids is 2. The van der Waals surface area contributed by atoms with Crippen molar-refractivity contribution < 1.29 is 22.7 Å². The van der Waals surface area contributed by atoms with E-state index < -0.39 is 22.1 Å². The normalized spacial score (nSPS) is 26.3. The van der Waals surface area contributed by atoms with Crippen LogP contribution in [0.25, 0.3) is 10.8 Å². The van der Waals surface area contributed by atoms with Gasteiger partial charge >= 0.3 is 0 Å². The summed E-state index contributed by atoms with van der Waals surface area (Å²) in [6, 6.07) is 8.49. The Bertz CT molecular complexity index is 1200. The molecule has 8 nitrogen and oxygen atoms in total. The van der Waals surface area contributed by atoms with Crippen LogP contribution in [-0.4, -0.2) is 74.0 Å². The predicted molar refractivity (Wildman–Crippen MR) is 119 cm³/mol. The first-order valence-electron chi connectivity index (χ1n) is 10.7. The number of hydrogen-bond donors (Lipinski definition) is 1. The highest BCUT2D eigenvalue weighted by Gasteiger charge is 2.45. The first kappa shape index (κ1) is 21.6. The molecule has 32 heavy (non-hydrogen) atoms. The average Bonchev–Trinajstić information content (AvgIpc) is 3.49. The zero-order valence-electron chi connectivity index (χ0n) is 17.5. The summed E-state index contributed by atoms with van der Waals surface area (Å²) in [6.45, 7) is 3.13. The third-order valence-corrected chi connectivity index (χ3v) is 8.33. The molecule has 3 saturated heterocycles. The van der Waals surface area contributed by atoms with Gasteiger partial charge in [-0.15, -0.1) is 0 Å². The van der Waals surface area contributed by atoms with E-state index in [9.17, 15) is 18.0 Å². The number of likely N-dealkylation sites (tertiary alicyclic amines) is 2. The number of hydrogen-bond acceptors (Lipinski definition) is 5. The third kappa shape index (κ3) is 3.77. The smallest absolute Gasteiger partial charge is 0.245 e. The molecule has 0 saturated carbocycles. The van der Waals surface area contributed by atoms with Crippen molar-refractivity contribution >= 4 is 44.2 Å². The Morgan fingerprint density at radius 2 is 1.97 bits per heavy atom. The lowest BCUT2D eigenvalue weighted by Crippen LogP contribution is -2.53. The molecular weight excluding hydrogens is 454 g/mol. The van der Waals surface area contributed by atoms with E-state index in [1.54, 1.807) is 42.2 Å². The summed E-state index contributed by atoms with van der Waals surface area (Å²) in [5, 5.41) is 2.13. The van der Waals surface area contributed by atoms with Crippen molar-refractivity contribution in [1.29, 1.82) is 0 Å². The quantitative estimate of drug-likeness (QED) is 0.708. The van der Waals surface area contributed by atoms with Crippen LogP contribution in [0.5, 0.6) is 0 Å². The largest absolute Gasteiger partial charge is 0.374 e. The highest BCUT2D eigenvalue weighted by molar-refractivity contribution is 7.89. The first-order valence-corrected chi connectivity index (χ1v) is 12.5. The van der Waals surface area contributed by atoms with Crippen molar-refractivity contribution in [2.75, 3.05) is 19.7 Å². The first-order chi connectivity index (χ1) is 15.2. The molecule has 3 aliphatic heterocycles. The summed E-state index contributed by atoms with van der Waals surface area (Å²) in [4.78, 5) is 29.3. The topological polar surface area (TPSA) is 96.0 Å². The van der Waals surface area contributed by atoms with E-state index in [1.165, 1.54) is 11.0 Å². The standard InChI is InChI=1S/C22H24ClN3O5S/c1-13(21(27)26-11-18-10-17(26)12-31-18)25-7-6-20(22(25)28)24-32(29,30)19-5-3-14-8-16(23)4-2-15(14)9-19/h2-5,8-9,13,17-18,20,24H,6-7,10-12H2,1H3/t13-,17-,18-,20-/m0/s1. The van der Waals surface area contributed by atoms with Crippen molar-refractivity contribution in [3.63, 3.8) is 0 Å². The summed E-state index contributed by atoms with van der Waals surface area (Å²) >= 11 is 5.99. The van der Waals surface area contributed by atoms with Gasteiger partial charge in [-0.05, 0) is 54.8 Å². The molecular formula is C22H24ClN3O5S. The predicted octanol–water partition coefficient (Wildman–Crippen LogP) is 1.76. The van der Waals surface area contributed by atoms with Crippen molar-refractivity contribution in [1.82, 2.24) is 14.5 Å². The minimum atomic E-state index is -3.91. The molecule has 0 spiro atoms. The fourth-order valence-electron chi connectivity index (χ4n) is 4.86. The number of amides is 2. The lowest BCUT2D eigenvalue weighted by atomic mass is 10.1. The van der Waals surface area contributed by atoms with Crippen molar-refractivity contribution in [2.45, 2.75) is 48.9 Å². The second-order valence-corrected chi connectivity index (χ2v) is 10.8. The van der Waals surface area contributed by atoms with E-state index in [-0.39, 0.29) is 28.9 Å². The Balaban J connectivity index is 1.28. The molecule has 1 N–H and O–H groups in total. The fraction of sp³-hybridized carbons (Fsp3) is 0.455. The third-order valence-electron chi connectivity index (χ3n) is 6.63. The number of sulfonamides is 1. The molecule has 0 aliphatic carbocycles. The number of carbonyl (C=O) groups is 2. The Morgan fingerprint density at radius 1 is 1.22 bits per heavy atom. The molecule has 10 heteroatoms. The van der Waals surface area contributed by atoms with Gasteiger partial charge in [0.2, 0.25) is 21.8 Å². The van der Waals surface area contributed by atoms with Crippen LogP contribution >= 0.6 is 11.6 Å². The maximum absolute atomic E-state index is 13.0. The van der Waals surface area contributed by atoms with Gasteiger partial charge in [-0.25, -0.2) is 8.42 Å². The fourth-order valence-corrected chi connectivity index (χ4v) is 6.30. The minimum absolute atomic E-state index is 0.0738. The number of nitrogens with zero attached hydrogens (tertiary/aromatic N) is 2. The van der Waals surface area contributed by atoms with Gasteiger partial charge in [0.25, 0.3) is 0 Å². The summed E-state index contributed by atoms with van der Waals surface area (Å²) in [6.07, 6.45) is 1.24. The van der Waals surface area contributed by atoms with Crippen LogP contribution in [0.1, 0.15) is 19.8 Å². The highest BCUT2D eigenvalue weighted by Crippen LogP contribution is 2.30. The van der Waals surface area contributed by atoms with Crippen LogP contribution in [0.3, 0.4) is 0 Å². The van der Waals surface area contributed by atoms with E-state index in [4.69, 9.17) is 16.3 Å². The number of rotatable bonds is 5. The zero-order valence-corrected chi connectivity index (χ0v) is 19.1. The Hall–Kier alpha value is -2.20. The average molecular weight is 478 g/mol. The van der Waals surface area contributed by atoms with Gasteiger partial charge < -0.3 is 14.5 Å². The molecule has 0 unspecified atom stereocenters. The van der Waals surface area contributed by atoms with Gasteiger partial charge in [-0.3, -0.25) is 9.59 Å². The molecule has 4 atom stereocenters. The number of morpholine rings is 1. The van der Waals surface area contributed by atoms with E-state index in [2.05, 4.69) is 4.72 Å². The van der Waals surface area contributed by atoms with E-state index >= 15 is 0 Å². The van der Waals surface area contributed by atoms with Crippen molar-refractivity contribution in [2.24, 2.45) is 0 Å². The molecule has 3 fully saturated rings. The molecule has 2 bridgehead atoms. The van der Waals surface area contributed by atoms with Crippen LogP contribution in [0, 0.1) is 0 Å². The van der Waals surface area contributed by atoms with Gasteiger partial charge in [-0.2, -0.15) is 4.72 Å². The maximum Gasteiger partial charge on any atom is 0.245 e. The SMILES string of the molecule is C[C@@H](C(=O)N1C[C@@H]2C[C@H]1CO2)N1CC[C@H](NS(=O)(=O)c2ccc3cc(Cl)ccc3c2)C1=O. The summed E-state index contributed by atoms with van der Waals surface area (Å²) in [5.74, 6) is -0.478. The zero-order chi connectivity index (χ0) is 22.6. The molecule has 0 radical (unpaired) electrons. The van der Waals surface area contributed by atoms with E-state index in [0.717, 1.165) is 17.2 Å². The second-order valence-electron chi connectivity index (χ2n) is 8.66. The van der Waals surface area contributed by atoms with Crippen LogP contribution in [0.4, 0.5) is 0 Å². The molecule has 170 valence electrons. The number of ether oxygens (including phenoxy) is 1. The number of nitrogens with one attached hydrogen (secondary N) is 1. The molecule has 5 rings (SSSR count). The Kier molecular flexibility index (Phi) is 5.40. The highest BCUT2D eigenvalue weighted by atomic mass is 35.5. The minimum Gasteiger partial charge on any atom is -0.374 e. The van der Waals surface area contributed by atoms with Crippen LogP contribution < -0.4 is 4.72 Å². The van der Waals surface area contributed by atoms with Crippen LogP contribution in [0.15, 0.2) is 41.3 Å². The number of halogens is 1. The van der Waals surface area contributed by atoms with Gasteiger partial charge in [0.05, 0.1) is 23.6 Å². The Morgan fingerprint density at radius 3 is 2.69 bits per heavy atom. The summed E-state index contributed by atoms with van der Waals surface area (Å²) < 4.78 is 34.0. The van der Waals surface area contributed by atoms with Gasteiger partial charge in [-0.1, -0.05) is 23.7 Å².